The Balaban J connectivity index is 1.91. The van der Waals surface area contributed by atoms with Crippen molar-refractivity contribution in [1.82, 2.24) is 9.99 Å². The number of hydrazone groups is 1. The van der Waals surface area contributed by atoms with Gasteiger partial charge in [-0.25, -0.2) is 13.8 Å². The third-order valence-corrected chi connectivity index (χ3v) is 6.19. The molecule has 134 valence electrons. The Kier molecular flexibility index (Phi) is 5.85. The summed E-state index contributed by atoms with van der Waals surface area (Å²) in [7, 11) is -2.94. The molecule has 1 amide bonds. The fourth-order valence-corrected chi connectivity index (χ4v) is 4.98. The second kappa shape index (κ2) is 7.51. The molecule has 0 bridgehead atoms. The zero-order valence-electron chi connectivity index (χ0n) is 14.9. The first-order chi connectivity index (χ1) is 11.2. The fraction of sp³-hybridized carbons (Fsp3) is 0.647. The molecule has 1 aromatic heterocycles. The number of aryl methyl sites for hydroxylation is 1. The van der Waals surface area contributed by atoms with E-state index in [1.807, 2.05) is 6.92 Å². The number of aromatic nitrogens is 1. The molecule has 1 atom stereocenters. The summed E-state index contributed by atoms with van der Waals surface area (Å²) in [6.45, 7) is 9.41. The molecule has 0 saturated carbocycles. The number of rotatable bonds is 6. The van der Waals surface area contributed by atoms with Gasteiger partial charge >= 0.3 is 0 Å². The summed E-state index contributed by atoms with van der Waals surface area (Å²) in [5.74, 6) is 0.545. The van der Waals surface area contributed by atoms with Crippen LogP contribution in [0.5, 0.6) is 0 Å². The Labute approximate surface area is 144 Å². The highest BCUT2D eigenvalue weighted by molar-refractivity contribution is 7.91. The Hall–Kier alpha value is -1.63. The van der Waals surface area contributed by atoms with Gasteiger partial charge in [-0.3, -0.25) is 4.79 Å². The van der Waals surface area contributed by atoms with Crippen LogP contribution in [0.1, 0.15) is 43.6 Å². The Morgan fingerprint density at radius 2 is 2.17 bits per heavy atom. The van der Waals surface area contributed by atoms with Crippen LogP contribution in [-0.4, -0.2) is 36.6 Å². The molecular weight excluding hydrogens is 326 g/mol. The number of carbonyl (C=O) groups excluding carboxylic acids is 1. The summed E-state index contributed by atoms with van der Waals surface area (Å²) >= 11 is 0. The van der Waals surface area contributed by atoms with Crippen molar-refractivity contribution in [2.75, 3.05) is 11.5 Å². The number of hydrogen-bond donors (Lipinski definition) is 1. The van der Waals surface area contributed by atoms with Crippen LogP contribution < -0.4 is 5.43 Å². The molecule has 2 rings (SSSR count). The second-order valence-corrected chi connectivity index (χ2v) is 9.33. The van der Waals surface area contributed by atoms with Gasteiger partial charge in [0.1, 0.15) is 0 Å². The number of carbonyl (C=O) groups is 1. The highest BCUT2D eigenvalue weighted by Crippen LogP contribution is 2.21. The van der Waals surface area contributed by atoms with E-state index >= 15 is 0 Å². The van der Waals surface area contributed by atoms with Gasteiger partial charge in [0, 0.05) is 29.9 Å². The summed E-state index contributed by atoms with van der Waals surface area (Å²) < 4.78 is 25.1. The molecule has 1 saturated heterocycles. The first kappa shape index (κ1) is 18.7. The van der Waals surface area contributed by atoms with Crippen molar-refractivity contribution in [3.63, 3.8) is 0 Å². The van der Waals surface area contributed by atoms with E-state index in [-0.39, 0.29) is 29.8 Å². The van der Waals surface area contributed by atoms with Crippen molar-refractivity contribution in [2.24, 2.45) is 16.9 Å². The van der Waals surface area contributed by atoms with E-state index in [0.29, 0.717) is 12.3 Å². The molecule has 0 aliphatic carbocycles. The molecule has 1 aromatic rings. The van der Waals surface area contributed by atoms with Crippen molar-refractivity contribution >= 4 is 22.0 Å². The maximum atomic E-state index is 11.9. The molecule has 1 fully saturated rings. The van der Waals surface area contributed by atoms with Gasteiger partial charge in [-0.05, 0) is 38.2 Å². The number of sulfone groups is 1. The van der Waals surface area contributed by atoms with Crippen LogP contribution in [0.3, 0.4) is 0 Å². The molecule has 0 spiro atoms. The summed E-state index contributed by atoms with van der Waals surface area (Å²) in [4.78, 5) is 11.9. The predicted molar refractivity (Wildman–Crippen MR) is 95.9 cm³/mol. The minimum atomic E-state index is -2.94. The molecule has 6 nitrogen and oxygen atoms in total. The van der Waals surface area contributed by atoms with E-state index in [9.17, 15) is 13.2 Å². The Morgan fingerprint density at radius 3 is 2.75 bits per heavy atom. The minimum absolute atomic E-state index is 0.0821. The summed E-state index contributed by atoms with van der Waals surface area (Å²) in [5, 5.41) is 4.03. The lowest BCUT2D eigenvalue weighted by molar-refractivity contribution is -0.121. The van der Waals surface area contributed by atoms with E-state index in [4.69, 9.17) is 0 Å². The van der Waals surface area contributed by atoms with Crippen molar-refractivity contribution in [1.29, 1.82) is 0 Å². The standard InChI is InChI=1S/C17H27N3O3S/c1-12(2)10-20-13(3)7-16(14(20)4)9-18-19-17(21)8-15-5-6-24(22,23)11-15/h7,9,12,15H,5-6,8,10-11H2,1-4H3,(H,19,21)/b18-9-/t15-/m0/s1. The first-order valence-corrected chi connectivity index (χ1v) is 10.2. The lowest BCUT2D eigenvalue weighted by atomic mass is 10.1. The number of hydrogen-bond acceptors (Lipinski definition) is 4. The summed E-state index contributed by atoms with van der Waals surface area (Å²) in [6, 6.07) is 2.05. The predicted octanol–water partition coefficient (Wildman–Crippen LogP) is 2.04. The van der Waals surface area contributed by atoms with Crippen LogP contribution >= 0.6 is 0 Å². The van der Waals surface area contributed by atoms with E-state index in [1.165, 1.54) is 5.69 Å². The number of nitrogens with one attached hydrogen (secondary N) is 1. The van der Waals surface area contributed by atoms with Gasteiger partial charge in [0.2, 0.25) is 5.91 Å². The van der Waals surface area contributed by atoms with E-state index in [2.05, 4.69) is 41.9 Å². The number of nitrogens with zero attached hydrogens (tertiary/aromatic N) is 2. The van der Waals surface area contributed by atoms with Crippen molar-refractivity contribution in [3.05, 3.63) is 23.0 Å². The second-order valence-electron chi connectivity index (χ2n) is 7.10. The third-order valence-electron chi connectivity index (χ3n) is 4.35. The van der Waals surface area contributed by atoms with Crippen molar-refractivity contribution in [3.8, 4) is 0 Å². The topological polar surface area (TPSA) is 80.5 Å². The average molecular weight is 353 g/mol. The molecule has 1 N–H and O–H groups in total. The van der Waals surface area contributed by atoms with E-state index in [1.54, 1.807) is 6.21 Å². The van der Waals surface area contributed by atoms with Crippen molar-refractivity contribution in [2.45, 2.75) is 47.1 Å². The number of amides is 1. The van der Waals surface area contributed by atoms with Crippen LogP contribution in [-0.2, 0) is 21.2 Å². The molecule has 0 unspecified atom stereocenters. The average Bonchev–Trinajstić information content (AvgIpc) is 2.92. The lowest BCUT2D eigenvalue weighted by Crippen LogP contribution is -2.21. The zero-order chi connectivity index (χ0) is 17.9. The maximum absolute atomic E-state index is 11.9. The molecule has 1 aliphatic heterocycles. The Morgan fingerprint density at radius 1 is 1.46 bits per heavy atom. The van der Waals surface area contributed by atoms with Crippen LogP contribution in [0.2, 0.25) is 0 Å². The summed E-state index contributed by atoms with van der Waals surface area (Å²) in [5.41, 5.74) is 5.79. The van der Waals surface area contributed by atoms with Gasteiger partial charge in [-0.15, -0.1) is 0 Å². The fourth-order valence-electron chi connectivity index (χ4n) is 3.12. The van der Waals surface area contributed by atoms with Crippen molar-refractivity contribution < 1.29 is 13.2 Å². The zero-order valence-corrected chi connectivity index (χ0v) is 15.7. The van der Waals surface area contributed by atoms with Gasteiger partial charge in [-0.2, -0.15) is 5.10 Å². The van der Waals surface area contributed by atoms with E-state index in [0.717, 1.165) is 17.8 Å². The third kappa shape index (κ3) is 4.93. The SMILES string of the molecule is Cc1cc(/C=N\NC(=O)C[C@@H]2CCS(=O)(=O)C2)c(C)n1CC(C)C. The van der Waals surface area contributed by atoms with Crippen LogP contribution in [0, 0.1) is 25.7 Å². The monoisotopic (exact) mass is 353 g/mol. The normalized spacial score (nSPS) is 20.1. The van der Waals surface area contributed by atoms with E-state index < -0.39 is 9.84 Å². The molecule has 2 heterocycles. The Bertz CT molecular complexity index is 733. The molecule has 24 heavy (non-hydrogen) atoms. The largest absolute Gasteiger partial charge is 0.348 e. The first-order valence-electron chi connectivity index (χ1n) is 8.37. The van der Waals surface area contributed by atoms with Gasteiger partial charge in [0.15, 0.2) is 9.84 Å². The molecule has 1 aliphatic rings. The highest BCUT2D eigenvalue weighted by Gasteiger charge is 2.29. The highest BCUT2D eigenvalue weighted by atomic mass is 32.2. The molecule has 7 heteroatoms. The smallest absolute Gasteiger partial charge is 0.240 e. The van der Waals surface area contributed by atoms with Gasteiger partial charge in [0.25, 0.3) is 0 Å². The molecule has 0 aromatic carbocycles. The minimum Gasteiger partial charge on any atom is -0.348 e. The van der Waals surface area contributed by atoms with Gasteiger partial charge in [0.05, 0.1) is 17.7 Å². The molecule has 0 radical (unpaired) electrons. The quantitative estimate of drug-likeness (QED) is 0.628. The van der Waals surface area contributed by atoms with Gasteiger partial charge < -0.3 is 4.57 Å². The van der Waals surface area contributed by atoms with Crippen LogP contribution in [0.25, 0.3) is 0 Å². The lowest BCUT2D eigenvalue weighted by Gasteiger charge is -2.11. The summed E-state index contributed by atoms with van der Waals surface area (Å²) in [6.07, 6.45) is 2.43. The molecular formula is C17H27N3O3S. The van der Waals surface area contributed by atoms with Gasteiger partial charge in [-0.1, -0.05) is 13.8 Å². The maximum Gasteiger partial charge on any atom is 0.240 e. The van der Waals surface area contributed by atoms with Crippen LogP contribution in [0.4, 0.5) is 0 Å². The van der Waals surface area contributed by atoms with Crippen LogP contribution in [0.15, 0.2) is 11.2 Å².